The van der Waals surface area contributed by atoms with Crippen molar-refractivity contribution >= 4 is 45.4 Å². The van der Waals surface area contributed by atoms with Gasteiger partial charge in [0, 0.05) is 14.6 Å². The first kappa shape index (κ1) is 19.0. The smallest absolute Gasteiger partial charge is 0.0412 e. The van der Waals surface area contributed by atoms with Crippen LogP contribution >= 0.6 is 35.3 Å². The van der Waals surface area contributed by atoms with Gasteiger partial charge in [0.2, 0.25) is 0 Å². The van der Waals surface area contributed by atoms with Crippen molar-refractivity contribution in [1.82, 2.24) is 4.90 Å². The predicted octanol–water partition coefficient (Wildman–Crippen LogP) is 6.21. The van der Waals surface area contributed by atoms with Crippen molar-refractivity contribution in [3.8, 4) is 10.4 Å². The van der Waals surface area contributed by atoms with Crippen molar-refractivity contribution in [1.29, 1.82) is 0 Å². The summed E-state index contributed by atoms with van der Waals surface area (Å²) in [5.41, 5.74) is 1.26. The van der Waals surface area contributed by atoms with Crippen LogP contribution in [-0.4, -0.2) is 25.5 Å². The highest BCUT2D eigenvalue weighted by molar-refractivity contribution is 7.22. The zero-order chi connectivity index (χ0) is 15.2. The lowest BCUT2D eigenvalue weighted by molar-refractivity contribution is 0.434. The number of nitrogens with zero attached hydrogens (tertiary/aromatic N) is 1. The Balaban J connectivity index is 0.000000356. The van der Waals surface area contributed by atoms with Gasteiger partial charge in [0.25, 0.3) is 0 Å². The molecule has 0 saturated heterocycles. The van der Waals surface area contributed by atoms with Gasteiger partial charge in [-0.3, -0.25) is 0 Å². The van der Waals surface area contributed by atoms with Gasteiger partial charge < -0.3 is 4.90 Å². The average Bonchev–Trinajstić information content (AvgIpc) is 2.91. The number of halogens is 2. The molecule has 0 N–H and O–H groups in total. The monoisotopic (exact) mass is 353 g/mol. The standard InChI is InChI=1S/C14H9ClS.C4H11N.ClH/c15-12-6-7-13-11(8-12)9-14(16-13)10-4-2-1-3-5-10;1-4-5(2)3;/h1-9H;4H2,1-3H3;1H. The molecule has 3 rings (SSSR count). The second-order valence-electron chi connectivity index (χ2n) is 5.05. The lowest BCUT2D eigenvalue weighted by Crippen LogP contribution is -2.08. The van der Waals surface area contributed by atoms with E-state index in [0.29, 0.717) is 0 Å². The maximum atomic E-state index is 5.98. The molecule has 0 aliphatic rings. The molecule has 0 aliphatic carbocycles. The van der Waals surface area contributed by atoms with E-state index in [2.05, 4.69) is 62.3 Å². The van der Waals surface area contributed by atoms with E-state index in [4.69, 9.17) is 11.6 Å². The molecule has 0 saturated carbocycles. The van der Waals surface area contributed by atoms with Gasteiger partial charge in [-0.05, 0) is 55.9 Å². The first-order valence-corrected chi connectivity index (χ1v) is 8.19. The Morgan fingerprint density at radius 2 is 1.64 bits per heavy atom. The van der Waals surface area contributed by atoms with Crippen LogP contribution in [-0.2, 0) is 0 Å². The van der Waals surface area contributed by atoms with E-state index in [1.165, 1.54) is 20.5 Å². The highest BCUT2D eigenvalue weighted by Crippen LogP contribution is 2.34. The van der Waals surface area contributed by atoms with Gasteiger partial charge in [-0.1, -0.05) is 48.9 Å². The quantitative estimate of drug-likeness (QED) is 0.529. The summed E-state index contributed by atoms with van der Waals surface area (Å²) in [5.74, 6) is 0. The Kier molecular flexibility index (Phi) is 7.91. The summed E-state index contributed by atoms with van der Waals surface area (Å²) in [6, 6.07) is 18.6. The highest BCUT2D eigenvalue weighted by atomic mass is 35.5. The van der Waals surface area contributed by atoms with Gasteiger partial charge >= 0.3 is 0 Å². The molecule has 22 heavy (non-hydrogen) atoms. The molecule has 1 aromatic heterocycles. The molecule has 0 radical (unpaired) electrons. The molecule has 0 bridgehead atoms. The Morgan fingerprint density at radius 3 is 2.23 bits per heavy atom. The second kappa shape index (κ2) is 9.16. The lowest BCUT2D eigenvalue weighted by atomic mass is 10.1. The third kappa shape index (κ3) is 5.29. The van der Waals surface area contributed by atoms with Crippen LogP contribution in [0.15, 0.2) is 54.6 Å². The zero-order valence-electron chi connectivity index (χ0n) is 13.0. The summed E-state index contributed by atoms with van der Waals surface area (Å²) in [7, 11) is 4.11. The molecule has 0 atom stereocenters. The van der Waals surface area contributed by atoms with E-state index in [1.54, 1.807) is 11.3 Å². The number of rotatable bonds is 2. The van der Waals surface area contributed by atoms with Gasteiger partial charge in [-0.15, -0.1) is 23.7 Å². The van der Waals surface area contributed by atoms with Crippen molar-refractivity contribution in [2.24, 2.45) is 0 Å². The number of hydrogen-bond donors (Lipinski definition) is 0. The molecule has 4 heteroatoms. The molecule has 118 valence electrons. The minimum atomic E-state index is 0. The fourth-order valence-electron chi connectivity index (χ4n) is 1.76. The molecule has 0 amide bonds. The molecular formula is C18H21Cl2NS. The van der Waals surface area contributed by atoms with E-state index in [1.807, 2.05) is 18.2 Å². The summed E-state index contributed by atoms with van der Waals surface area (Å²) in [6.45, 7) is 3.26. The number of benzene rings is 2. The fourth-order valence-corrected chi connectivity index (χ4v) is 2.99. The predicted molar refractivity (Wildman–Crippen MR) is 104 cm³/mol. The number of hydrogen-bond acceptors (Lipinski definition) is 2. The molecular weight excluding hydrogens is 333 g/mol. The normalized spacial score (nSPS) is 10.0. The molecule has 2 aromatic carbocycles. The van der Waals surface area contributed by atoms with Crippen molar-refractivity contribution in [3.05, 3.63) is 59.6 Å². The van der Waals surface area contributed by atoms with E-state index in [0.717, 1.165) is 11.6 Å². The maximum absolute atomic E-state index is 5.98. The molecule has 1 nitrogen and oxygen atoms in total. The summed E-state index contributed by atoms with van der Waals surface area (Å²) < 4.78 is 1.28. The second-order valence-corrected chi connectivity index (χ2v) is 6.57. The fraction of sp³-hybridized carbons (Fsp3) is 0.222. The largest absolute Gasteiger partial charge is 0.310 e. The average molecular weight is 354 g/mol. The summed E-state index contributed by atoms with van der Waals surface area (Å²) in [4.78, 5) is 3.41. The van der Waals surface area contributed by atoms with E-state index in [-0.39, 0.29) is 12.4 Å². The van der Waals surface area contributed by atoms with Crippen LogP contribution in [0.4, 0.5) is 0 Å². The minimum Gasteiger partial charge on any atom is -0.310 e. The molecule has 0 fully saturated rings. The highest BCUT2D eigenvalue weighted by Gasteiger charge is 2.03. The number of thiophene rings is 1. The topological polar surface area (TPSA) is 3.24 Å². The summed E-state index contributed by atoms with van der Waals surface area (Å²) in [6.07, 6.45) is 0. The molecule has 0 spiro atoms. The van der Waals surface area contributed by atoms with Crippen LogP contribution in [0.2, 0.25) is 5.02 Å². The third-order valence-corrected chi connectivity index (χ3v) is 4.57. The van der Waals surface area contributed by atoms with E-state index < -0.39 is 0 Å². The van der Waals surface area contributed by atoms with Crippen LogP contribution in [0, 0.1) is 0 Å². The Morgan fingerprint density at radius 1 is 1.00 bits per heavy atom. The Labute approximate surface area is 147 Å². The summed E-state index contributed by atoms with van der Waals surface area (Å²) >= 11 is 7.78. The minimum absolute atomic E-state index is 0. The Hall–Kier alpha value is -1.06. The number of fused-ring (bicyclic) bond motifs is 1. The molecule has 3 aromatic rings. The van der Waals surface area contributed by atoms with E-state index in [9.17, 15) is 0 Å². The van der Waals surface area contributed by atoms with Gasteiger partial charge in [0.15, 0.2) is 0 Å². The lowest BCUT2D eigenvalue weighted by Gasteiger charge is -2.00. The zero-order valence-corrected chi connectivity index (χ0v) is 15.4. The molecule has 0 aliphatic heterocycles. The summed E-state index contributed by atoms with van der Waals surface area (Å²) in [5, 5.41) is 2.02. The van der Waals surface area contributed by atoms with Crippen molar-refractivity contribution in [2.45, 2.75) is 6.92 Å². The third-order valence-electron chi connectivity index (χ3n) is 3.17. The first-order chi connectivity index (χ1) is 10.1. The Bertz CT molecular complexity index is 693. The van der Waals surface area contributed by atoms with Crippen LogP contribution in [0.25, 0.3) is 20.5 Å². The van der Waals surface area contributed by atoms with Crippen LogP contribution in [0.1, 0.15) is 6.92 Å². The first-order valence-electron chi connectivity index (χ1n) is 6.99. The van der Waals surface area contributed by atoms with Gasteiger partial charge in [0.05, 0.1) is 0 Å². The SMILES string of the molecule is CCN(C)C.Cl.Clc1ccc2sc(-c3ccccc3)cc2c1. The molecule has 1 heterocycles. The van der Waals surface area contributed by atoms with Crippen LogP contribution in [0.5, 0.6) is 0 Å². The van der Waals surface area contributed by atoms with Crippen molar-refractivity contribution in [3.63, 3.8) is 0 Å². The van der Waals surface area contributed by atoms with Crippen LogP contribution in [0.3, 0.4) is 0 Å². The van der Waals surface area contributed by atoms with E-state index >= 15 is 0 Å². The van der Waals surface area contributed by atoms with Crippen molar-refractivity contribution in [2.75, 3.05) is 20.6 Å². The van der Waals surface area contributed by atoms with Gasteiger partial charge in [-0.2, -0.15) is 0 Å². The van der Waals surface area contributed by atoms with Crippen molar-refractivity contribution < 1.29 is 0 Å². The van der Waals surface area contributed by atoms with Gasteiger partial charge in [-0.25, -0.2) is 0 Å². The maximum Gasteiger partial charge on any atom is 0.0412 e. The molecule has 0 unspecified atom stereocenters. The van der Waals surface area contributed by atoms with Gasteiger partial charge in [0.1, 0.15) is 0 Å². The van der Waals surface area contributed by atoms with Crippen LogP contribution < -0.4 is 0 Å².